The van der Waals surface area contributed by atoms with Crippen LogP contribution in [0.2, 0.25) is 0 Å². The molecule has 0 aromatic rings. The minimum absolute atomic E-state index is 0.0797. The van der Waals surface area contributed by atoms with E-state index in [4.69, 9.17) is 0 Å². The molecule has 0 saturated carbocycles. The highest BCUT2D eigenvalue weighted by molar-refractivity contribution is 4.99. The molecule has 0 fully saturated rings. The van der Waals surface area contributed by atoms with Crippen LogP contribution in [0, 0.1) is 16.7 Å². The fourth-order valence-electron chi connectivity index (χ4n) is 3.41. The molecule has 0 radical (unpaired) electrons. The molecule has 1 nitrogen and oxygen atoms in total. The molecule has 0 aliphatic heterocycles. The van der Waals surface area contributed by atoms with Crippen LogP contribution in [-0.4, -0.2) is 0 Å². The van der Waals surface area contributed by atoms with Gasteiger partial charge in [0.2, 0.25) is 0 Å². The zero-order valence-corrected chi connectivity index (χ0v) is 16.0. The minimum Gasteiger partial charge on any atom is -0.198 e. The largest absolute Gasteiger partial charge is 0.198 e. The molecule has 0 aromatic heterocycles. The van der Waals surface area contributed by atoms with Gasteiger partial charge in [0.25, 0.3) is 0 Å². The van der Waals surface area contributed by atoms with Crippen molar-refractivity contribution < 1.29 is 0 Å². The quantitative estimate of drug-likeness (QED) is 0.197. The van der Waals surface area contributed by atoms with E-state index in [1.54, 1.807) is 0 Å². The van der Waals surface area contributed by atoms with Crippen LogP contribution in [0.3, 0.4) is 0 Å². The summed E-state index contributed by atoms with van der Waals surface area (Å²) in [7, 11) is 0. The molecule has 134 valence electrons. The van der Waals surface area contributed by atoms with Gasteiger partial charge in [0.15, 0.2) is 0 Å². The Kier molecular flexibility index (Phi) is 15.6. The van der Waals surface area contributed by atoms with E-state index in [1.807, 2.05) is 6.08 Å². The summed E-state index contributed by atoms with van der Waals surface area (Å²) in [5, 5.41) is 9.80. The average molecular weight is 320 g/mol. The number of hydrogen-bond donors (Lipinski definition) is 0. The third kappa shape index (κ3) is 12.3. The van der Waals surface area contributed by atoms with Gasteiger partial charge in [-0.15, -0.1) is 6.58 Å². The summed E-state index contributed by atoms with van der Waals surface area (Å²) in [5.74, 6) is 0. The first kappa shape index (κ1) is 22.2. The van der Waals surface area contributed by atoms with Crippen molar-refractivity contribution in [2.75, 3.05) is 0 Å². The lowest BCUT2D eigenvalue weighted by Gasteiger charge is -2.26. The van der Waals surface area contributed by atoms with Gasteiger partial charge in [-0.3, -0.25) is 0 Å². The van der Waals surface area contributed by atoms with Crippen molar-refractivity contribution in [3.63, 3.8) is 0 Å². The van der Waals surface area contributed by atoms with Crippen molar-refractivity contribution in [1.29, 1.82) is 5.26 Å². The van der Waals surface area contributed by atoms with Crippen LogP contribution in [0.5, 0.6) is 0 Å². The molecule has 0 heterocycles. The lowest BCUT2D eigenvalue weighted by atomic mass is 9.75. The second-order valence-corrected chi connectivity index (χ2v) is 7.26. The van der Waals surface area contributed by atoms with E-state index >= 15 is 0 Å². The van der Waals surface area contributed by atoms with Crippen molar-refractivity contribution in [3.8, 4) is 6.07 Å². The molecule has 1 heteroatoms. The summed E-state index contributed by atoms with van der Waals surface area (Å²) in [6.45, 7) is 8.37. The van der Waals surface area contributed by atoms with Crippen molar-refractivity contribution in [2.24, 2.45) is 5.41 Å². The fraction of sp³-hybridized carbons (Fsp3) is 0.864. The van der Waals surface area contributed by atoms with Gasteiger partial charge < -0.3 is 0 Å². The average Bonchev–Trinajstić information content (AvgIpc) is 2.58. The normalized spacial score (nSPS) is 11.3. The Balaban J connectivity index is 4.12. The fourth-order valence-corrected chi connectivity index (χ4v) is 3.41. The Hall–Kier alpha value is -0.770. The molecule has 0 N–H and O–H groups in total. The van der Waals surface area contributed by atoms with E-state index in [9.17, 15) is 5.26 Å². The first-order valence-corrected chi connectivity index (χ1v) is 10.3. The first-order valence-electron chi connectivity index (χ1n) is 10.3. The molecule has 0 aliphatic rings. The molecular formula is C22H41N. The molecule has 0 aliphatic carbocycles. The molecule has 0 bridgehead atoms. The molecule has 0 rings (SSSR count). The predicted octanol–water partition coefficient (Wildman–Crippen LogP) is 7.96. The lowest BCUT2D eigenvalue weighted by Crippen LogP contribution is -2.18. The molecule has 0 spiro atoms. The van der Waals surface area contributed by atoms with E-state index < -0.39 is 0 Å². The summed E-state index contributed by atoms with van der Waals surface area (Å²) in [5.41, 5.74) is -0.0797. The highest BCUT2D eigenvalue weighted by Crippen LogP contribution is 2.36. The van der Waals surface area contributed by atoms with Crippen LogP contribution in [0.1, 0.15) is 117 Å². The number of nitriles is 1. The number of rotatable bonds is 17. The van der Waals surface area contributed by atoms with E-state index in [-0.39, 0.29) is 5.41 Å². The van der Waals surface area contributed by atoms with E-state index in [0.29, 0.717) is 0 Å². The first-order chi connectivity index (χ1) is 11.2. The second kappa shape index (κ2) is 16.1. The summed E-state index contributed by atoms with van der Waals surface area (Å²) in [6.07, 6.45) is 22.0. The maximum absolute atomic E-state index is 9.80. The molecule has 0 amide bonds. The number of allylic oxidation sites excluding steroid dienone is 1. The van der Waals surface area contributed by atoms with E-state index in [0.717, 1.165) is 25.7 Å². The maximum Gasteiger partial charge on any atom is 0.0689 e. The van der Waals surface area contributed by atoms with E-state index in [1.165, 1.54) is 77.0 Å². The Bertz CT molecular complexity index is 284. The summed E-state index contributed by atoms with van der Waals surface area (Å²) in [6, 6.07) is 2.71. The molecule has 23 heavy (non-hydrogen) atoms. The molecule has 0 saturated heterocycles. The van der Waals surface area contributed by atoms with Crippen LogP contribution < -0.4 is 0 Å². The SMILES string of the molecule is C=CCCC(C#N)(CCCCCCCC)CCCCCCCC. The molecule has 0 unspecified atom stereocenters. The van der Waals surface area contributed by atoms with Crippen LogP contribution in [-0.2, 0) is 0 Å². The summed E-state index contributed by atoms with van der Waals surface area (Å²) in [4.78, 5) is 0. The highest BCUT2D eigenvalue weighted by Gasteiger charge is 2.28. The zero-order valence-electron chi connectivity index (χ0n) is 16.0. The van der Waals surface area contributed by atoms with Crippen LogP contribution in [0.4, 0.5) is 0 Å². The smallest absolute Gasteiger partial charge is 0.0689 e. The van der Waals surface area contributed by atoms with Gasteiger partial charge in [-0.05, 0) is 25.7 Å². The van der Waals surface area contributed by atoms with Crippen molar-refractivity contribution in [2.45, 2.75) is 117 Å². The lowest BCUT2D eigenvalue weighted by molar-refractivity contribution is 0.287. The molecule has 0 atom stereocenters. The van der Waals surface area contributed by atoms with Gasteiger partial charge in [0.05, 0.1) is 11.5 Å². The van der Waals surface area contributed by atoms with Gasteiger partial charge in [0.1, 0.15) is 0 Å². The van der Waals surface area contributed by atoms with Crippen LogP contribution >= 0.6 is 0 Å². The monoisotopic (exact) mass is 319 g/mol. The second-order valence-electron chi connectivity index (χ2n) is 7.26. The van der Waals surface area contributed by atoms with Gasteiger partial charge in [-0.25, -0.2) is 0 Å². The van der Waals surface area contributed by atoms with Crippen LogP contribution in [0.15, 0.2) is 12.7 Å². The van der Waals surface area contributed by atoms with E-state index in [2.05, 4.69) is 26.5 Å². The topological polar surface area (TPSA) is 23.8 Å². The van der Waals surface area contributed by atoms with Crippen molar-refractivity contribution in [3.05, 3.63) is 12.7 Å². The highest BCUT2D eigenvalue weighted by atomic mass is 14.4. The van der Waals surface area contributed by atoms with Gasteiger partial charge >= 0.3 is 0 Å². The third-order valence-corrected chi connectivity index (χ3v) is 5.08. The third-order valence-electron chi connectivity index (χ3n) is 5.08. The predicted molar refractivity (Wildman–Crippen MR) is 103 cm³/mol. The Morgan fingerprint density at radius 3 is 1.57 bits per heavy atom. The zero-order chi connectivity index (χ0) is 17.2. The number of hydrogen-bond acceptors (Lipinski definition) is 1. The summed E-state index contributed by atoms with van der Waals surface area (Å²) >= 11 is 0. The minimum atomic E-state index is -0.0797. The van der Waals surface area contributed by atoms with Crippen molar-refractivity contribution in [1.82, 2.24) is 0 Å². The number of nitrogens with zero attached hydrogens (tertiary/aromatic N) is 1. The summed E-state index contributed by atoms with van der Waals surface area (Å²) < 4.78 is 0. The molecular weight excluding hydrogens is 278 g/mol. The maximum atomic E-state index is 9.80. The van der Waals surface area contributed by atoms with Crippen molar-refractivity contribution >= 4 is 0 Å². The standard InChI is InChI=1S/C22H41N/c1-4-7-10-12-14-16-19-22(21-23,18-9-6-3)20-17-15-13-11-8-5-2/h6H,3-5,7-20H2,1-2H3. The molecule has 0 aromatic carbocycles. The van der Waals surface area contributed by atoms with Crippen LogP contribution in [0.25, 0.3) is 0 Å². The van der Waals surface area contributed by atoms with Gasteiger partial charge in [0, 0.05) is 0 Å². The Morgan fingerprint density at radius 1 is 0.739 bits per heavy atom. The Morgan fingerprint density at radius 2 is 1.17 bits per heavy atom. The van der Waals surface area contributed by atoms with Gasteiger partial charge in [-0.2, -0.15) is 5.26 Å². The number of unbranched alkanes of at least 4 members (excludes halogenated alkanes) is 10. The Labute approximate surface area is 146 Å². The van der Waals surface area contributed by atoms with Gasteiger partial charge in [-0.1, -0.05) is 97.0 Å².